The third-order valence-electron chi connectivity index (χ3n) is 4.74. The van der Waals surface area contributed by atoms with Crippen LogP contribution in [0.3, 0.4) is 0 Å². The number of rotatable bonds is 5. The monoisotopic (exact) mass is 422 g/mol. The second-order valence-corrected chi connectivity index (χ2v) is 9.27. The van der Waals surface area contributed by atoms with Crippen LogP contribution in [-0.4, -0.2) is 19.7 Å². The minimum Gasteiger partial charge on any atom is -0.381 e. The summed E-state index contributed by atoms with van der Waals surface area (Å²) < 4.78 is 23.2. The molecule has 1 N–H and O–H groups in total. The summed E-state index contributed by atoms with van der Waals surface area (Å²) in [6, 6.07) is 22.7. The molecule has 0 bridgehead atoms. The molecule has 1 aromatic heterocycles. The van der Waals surface area contributed by atoms with Gasteiger partial charge in [-0.15, -0.1) is 0 Å². The molecule has 6 heteroatoms. The van der Waals surface area contributed by atoms with Gasteiger partial charge in [-0.1, -0.05) is 48.0 Å². The summed E-state index contributed by atoms with van der Waals surface area (Å²) in [7, 11) is -3.19. The van der Waals surface area contributed by atoms with Crippen LogP contribution in [-0.2, 0) is 16.4 Å². The lowest BCUT2D eigenvalue weighted by molar-refractivity contribution is 0.602. The van der Waals surface area contributed by atoms with Crippen LogP contribution in [0.25, 0.3) is 22.0 Å². The number of fused-ring (bicyclic) bond motifs is 1. The highest BCUT2D eigenvalue weighted by atomic mass is 35.5. The number of benzene rings is 3. The van der Waals surface area contributed by atoms with Gasteiger partial charge in [-0.05, 0) is 47.3 Å². The molecule has 3 aromatic carbocycles. The van der Waals surface area contributed by atoms with E-state index < -0.39 is 9.84 Å². The minimum absolute atomic E-state index is 0.317. The molecule has 0 aliphatic carbocycles. The zero-order valence-electron chi connectivity index (χ0n) is 15.8. The molecular weight excluding hydrogens is 404 g/mol. The van der Waals surface area contributed by atoms with E-state index in [2.05, 4.69) is 16.4 Å². The van der Waals surface area contributed by atoms with Gasteiger partial charge in [-0.2, -0.15) is 0 Å². The molecule has 0 saturated heterocycles. The molecule has 0 aliphatic heterocycles. The smallest absolute Gasteiger partial charge is 0.175 e. The first-order valence-electron chi connectivity index (χ1n) is 9.08. The van der Waals surface area contributed by atoms with Crippen molar-refractivity contribution in [3.63, 3.8) is 0 Å². The summed E-state index contributed by atoms with van der Waals surface area (Å²) >= 11 is 6.48. The van der Waals surface area contributed by atoms with Gasteiger partial charge in [0.05, 0.1) is 15.6 Å². The van der Waals surface area contributed by atoms with E-state index in [4.69, 9.17) is 11.6 Å². The highest BCUT2D eigenvalue weighted by molar-refractivity contribution is 7.90. The van der Waals surface area contributed by atoms with Crippen LogP contribution in [0.2, 0.25) is 5.02 Å². The number of hydrogen-bond acceptors (Lipinski definition) is 4. The maximum absolute atomic E-state index is 11.6. The SMILES string of the molecule is CS(=O)(=O)c1ccc(CNc2ccc(Cl)c(-c3nccc4ccccc34)c2)cc1. The average molecular weight is 423 g/mol. The van der Waals surface area contributed by atoms with Gasteiger partial charge in [0, 0.05) is 35.6 Å². The van der Waals surface area contributed by atoms with Crippen LogP contribution in [0, 0.1) is 0 Å². The molecule has 4 aromatic rings. The van der Waals surface area contributed by atoms with Gasteiger partial charge in [0.15, 0.2) is 9.84 Å². The number of sulfone groups is 1. The van der Waals surface area contributed by atoms with E-state index in [0.717, 1.165) is 33.3 Å². The Labute approximate surface area is 175 Å². The van der Waals surface area contributed by atoms with Crippen molar-refractivity contribution in [2.75, 3.05) is 11.6 Å². The van der Waals surface area contributed by atoms with E-state index >= 15 is 0 Å². The number of nitrogens with zero attached hydrogens (tertiary/aromatic N) is 1. The van der Waals surface area contributed by atoms with E-state index in [0.29, 0.717) is 16.5 Å². The largest absolute Gasteiger partial charge is 0.381 e. The zero-order chi connectivity index (χ0) is 20.4. The predicted octanol–water partition coefficient (Wildman–Crippen LogP) is 5.57. The fraction of sp³-hybridized carbons (Fsp3) is 0.0870. The van der Waals surface area contributed by atoms with Crippen LogP contribution < -0.4 is 5.32 Å². The third kappa shape index (κ3) is 4.26. The summed E-state index contributed by atoms with van der Waals surface area (Å²) in [5, 5.41) is 6.16. The van der Waals surface area contributed by atoms with Crippen molar-refractivity contribution in [3.05, 3.63) is 89.6 Å². The molecule has 0 atom stereocenters. The van der Waals surface area contributed by atoms with Crippen molar-refractivity contribution in [1.29, 1.82) is 0 Å². The van der Waals surface area contributed by atoms with E-state index in [1.54, 1.807) is 18.3 Å². The van der Waals surface area contributed by atoms with Gasteiger partial charge in [0.2, 0.25) is 0 Å². The Morgan fingerprint density at radius 2 is 1.72 bits per heavy atom. The number of hydrogen-bond donors (Lipinski definition) is 1. The number of aromatic nitrogens is 1. The van der Waals surface area contributed by atoms with Crippen molar-refractivity contribution >= 4 is 37.9 Å². The van der Waals surface area contributed by atoms with Crippen molar-refractivity contribution in [2.45, 2.75) is 11.4 Å². The molecule has 1 heterocycles. The average Bonchev–Trinajstić information content (AvgIpc) is 2.72. The first-order valence-corrected chi connectivity index (χ1v) is 11.4. The highest BCUT2D eigenvalue weighted by Gasteiger charge is 2.10. The molecule has 0 saturated carbocycles. The van der Waals surface area contributed by atoms with Gasteiger partial charge in [-0.3, -0.25) is 4.98 Å². The quantitative estimate of drug-likeness (QED) is 0.456. The lowest BCUT2D eigenvalue weighted by atomic mass is 10.0. The van der Waals surface area contributed by atoms with Gasteiger partial charge >= 0.3 is 0 Å². The fourth-order valence-electron chi connectivity index (χ4n) is 3.21. The first kappa shape index (κ1) is 19.4. The first-order chi connectivity index (χ1) is 13.9. The Hall–Kier alpha value is -2.89. The van der Waals surface area contributed by atoms with Gasteiger partial charge < -0.3 is 5.32 Å². The van der Waals surface area contributed by atoms with Gasteiger partial charge in [-0.25, -0.2) is 8.42 Å². The summed E-state index contributed by atoms with van der Waals surface area (Å²) in [5.74, 6) is 0. The Balaban J connectivity index is 1.60. The van der Waals surface area contributed by atoms with E-state index in [-0.39, 0.29) is 0 Å². The van der Waals surface area contributed by atoms with Crippen molar-refractivity contribution in [3.8, 4) is 11.3 Å². The molecule has 0 aliphatic rings. The van der Waals surface area contributed by atoms with Crippen LogP contribution >= 0.6 is 11.6 Å². The second kappa shape index (κ2) is 7.85. The third-order valence-corrected chi connectivity index (χ3v) is 6.20. The fourth-order valence-corrected chi connectivity index (χ4v) is 4.05. The molecule has 0 unspecified atom stereocenters. The summed E-state index contributed by atoms with van der Waals surface area (Å²) in [6.07, 6.45) is 2.99. The Morgan fingerprint density at radius 1 is 0.966 bits per heavy atom. The second-order valence-electron chi connectivity index (χ2n) is 6.84. The molecule has 4 rings (SSSR count). The number of anilines is 1. The lowest BCUT2D eigenvalue weighted by Crippen LogP contribution is -2.01. The summed E-state index contributed by atoms with van der Waals surface area (Å²) in [6.45, 7) is 0.564. The van der Waals surface area contributed by atoms with E-state index in [1.165, 1.54) is 6.26 Å². The van der Waals surface area contributed by atoms with Crippen molar-refractivity contribution in [1.82, 2.24) is 4.98 Å². The number of nitrogens with one attached hydrogen (secondary N) is 1. The highest BCUT2D eigenvalue weighted by Crippen LogP contribution is 2.33. The molecule has 29 heavy (non-hydrogen) atoms. The minimum atomic E-state index is -3.19. The topological polar surface area (TPSA) is 59.1 Å². The van der Waals surface area contributed by atoms with Crippen LogP contribution in [0.15, 0.2) is 83.9 Å². The molecule has 4 nitrogen and oxygen atoms in total. The zero-order valence-corrected chi connectivity index (χ0v) is 17.3. The molecule has 146 valence electrons. The van der Waals surface area contributed by atoms with Crippen molar-refractivity contribution < 1.29 is 8.42 Å². The van der Waals surface area contributed by atoms with Crippen molar-refractivity contribution in [2.24, 2.45) is 0 Å². The Kier molecular flexibility index (Phi) is 5.26. The maximum atomic E-state index is 11.6. The Bertz CT molecular complexity index is 1280. The van der Waals surface area contributed by atoms with E-state index in [1.807, 2.05) is 54.6 Å². The van der Waals surface area contributed by atoms with Gasteiger partial charge in [0.1, 0.15) is 0 Å². The molecule has 0 amide bonds. The Morgan fingerprint density at radius 3 is 2.48 bits per heavy atom. The van der Waals surface area contributed by atoms with Gasteiger partial charge in [0.25, 0.3) is 0 Å². The maximum Gasteiger partial charge on any atom is 0.175 e. The molecule has 0 fully saturated rings. The van der Waals surface area contributed by atoms with Crippen LogP contribution in [0.4, 0.5) is 5.69 Å². The van der Waals surface area contributed by atoms with Crippen LogP contribution in [0.1, 0.15) is 5.56 Å². The molecule has 0 spiro atoms. The predicted molar refractivity (Wildman–Crippen MR) is 119 cm³/mol. The van der Waals surface area contributed by atoms with E-state index in [9.17, 15) is 8.42 Å². The number of halogens is 1. The normalized spacial score (nSPS) is 11.5. The molecule has 0 radical (unpaired) electrons. The number of pyridine rings is 1. The summed E-state index contributed by atoms with van der Waals surface area (Å²) in [5.41, 5.74) is 3.60. The van der Waals surface area contributed by atoms with Crippen LogP contribution in [0.5, 0.6) is 0 Å². The molecular formula is C23H19ClN2O2S. The summed E-state index contributed by atoms with van der Waals surface area (Å²) in [4.78, 5) is 4.88. The lowest BCUT2D eigenvalue weighted by Gasteiger charge is -2.12. The standard InChI is InChI=1S/C23H19ClN2O2S/c1-29(27,28)19-9-6-16(7-10-19)15-26-18-8-11-22(24)21(14-18)23-20-5-3-2-4-17(20)12-13-25-23/h2-14,26H,15H2,1H3.